The van der Waals surface area contributed by atoms with Gasteiger partial charge in [0.2, 0.25) is 0 Å². The van der Waals surface area contributed by atoms with E-state index in [9.17, 15) is 0 Å². The molecule has 0 fully saturated rings. The zero-order valence-corrected chi connectivity index (χ0v) is 14.1. The van der Waals surface area contributed by atoms with Crippen molar-refractivity contribution >= 4 is 34.9 Å². The van der Waals surface area contributed by atoms with E-state index >= 15 is 0 Å². The lowest BCUT2D eigenvalue weighted by Gasteiger charge is -2.06. The Kier molecular flexibility index (Phi) is 5.08. The van der Waals surface area contributed by atoms with E-state index in [1.54, 1.807) is 25.3 Å². The summed E-state index contributed by atoms with van der Waals surface area (Å²) in [6.45, 7) is 0.0762. The Morgan fingerprint density at radius 1 is 1.12 bits per heavy atom. The van der Waals surface area contributed by atoms with Crippen LogP contribution in [0.5, 0.6) is 11.5 Å². The molecule has 124 valence electrons. The predicted molar refractivity (Wildman–Crippen MR) is 91.4 cm³/mol. The van der Waals surface area contributed by atoms with Crippen LogP contribution in [-0.4, -0.2) is 17.3 Å². The molecule has 0 aliphatic heterocycles. The van der Waals surface area contributed by atoms with Crippen LogP contribution in [0.15, 0.2) is 46.9 Å². The summed E-state index contributed by atoms with van der Waals surface area (Å²) in [5.41, 5.74) is 0.767. The monoisotopic (exact) mass is 365 g/mol. The summed E-state index contributed by atoms with van der Waals surface area (Å²) in [4.78, 5) is 0. The quantitative estimate of drug-likeness (QED) is 0.682. The van der Waals surface area contributed by atoms with Gasteiger partial charge >= 0.3 is 6.01 Å². The number of nitrogens with zero attached hydrogens (tertiary/aromatic N) is 2. The largest absolute Gasteiger partial charge is 0.497 e. The van der Waals surface area contributed by atoms with Gasteiger partial charge in [-0.15, -0.1) is 5.10 Å². The van der Waals surface area contributed by atoms with Crippen molar-refractivity contribution < 1.29 is 13.9 Å². The summed E-state index contributed by atoms with van der Waals surface area (Å²) < 4.78 is 16.2. The highest BCUT2D eigenvalue weighted by molar-refractivity contribution is 6.34. The van der Waals surface area contributed by atoms with Crippen molar-refractivity contribution in [1.82, 2.24) is 10.2 Å². The molecule has 0 bridgehead atoms. The van der Waals surface area contributed by atoms with Crippen LogP contribution >= 0.6 is 23.2 Å². The molecule has 0 radical (unpaired) electrons. The molecular weight excluding hydrogens is 353 g/mol. The van der Waals surface area contributed by atoms with E-state index in [1.165, 1.54) is 0 Å². The van der Waals surface area contributed by atoms with Gasteiger partial charge in [0.25, 0.3) is 5.89 Å². The zero-order chi connectivity index (χ0) is 16.9. The maximum absolute atomic E-state index is 6.03. The van der Waals surface area contributed by atoms with Crippen molar-refractivity contribution in [2.75, 3.05) is 12.4 Å². The molecule has 3 aromatic rings. The minimum Gasteiger partial charge on any atom is -0.497 e. The first kappa shape index (κ1) is 16.4. The van der Waals surface area contributed by atoms with Gasteiger partial charge < -0.3 is 19.2 Å². The van der Waals surface area contributed by atoms with Crippen LogP contribution in [-0.2, 0) is 6.61 Å². The number of nitrogens with one attached hydrogen (secondary N) is 1. The van der Waals surface area contributed by atoms with E-state index in [1.807, 2.05) is 24.3 Å². The number of benzene rings is 2. The maximum Gasteiger partial charge on any atom is 0.320 e. The average Bonchev–Trinajstić information content (AvgIpc) is 3.03. The number of methoxy groups -OCH3 is 1. The van der Waals surface area contributed by atoms with Gasteiger partial charge in [-0.05, 0) is 24.3 Å². The van der Waals surface area contributed by atoms with Crippen molar-refractivity contribution in [3.8, 4) is 11.5 Å². The summed E-state index contributed by atoms with van der Waals surface area (Å²) in [6, 6.07) is 12.6. The molecule has 0 unspecified atom stereocenters. The number of rotatable bonds is 6. The molecule has 0 saturated carbocycles. The molecule has 0 amide bonds. The Hall–Kier alpha value is -2.44. The lowest BCUT2D eigenvalue weighted by molar-refractivity contribution is 0.265. The second kappa shape index (κ2) is 7.42. The molecule has 0 spiro atoms. The Balaban J connectivity index is 1.64. The summed E-state index contributed by atoms with van der Waals surface area (Å²) in [6.07, 6.45) is 0. The first-order valence-corrected chi connectivity index (χ1v) is 7.71. The van der Waals surface area contributed by atoms with Crippen molar-refractivity contribution in [3.05, 3.63) is 58.4 Å². The molecule has 0 aliphatic carbocycles. The summed E-state index contributed by atoms with van der Waals surface area (Å²) in [5, 5.41) is 11.8. The third kappa shape index (κ3) is 4.10. The van der Waals surface area contributed by atoms with Gasteiger partial charge in [-0.25, -0.2) is 0 Å². The number of anilines is 2. The van der Waals surface area contributed by atoms with Gasteiger partial charge in [0.05, 0.1) is 12.1 Å². The van der Waals surface area contributed by atoms with Gasteiger partial charge in [0, 0.05) is 22.8 Å². The minimum atomic E-state index is 0.0762. The molecule has 1 N–H and O–H groups in total. The lowest BCUT2D eigenvalue weighted by Crippen LogP contribution is -1.96. The van der Waals surface area contributed by atoms with E-state index in [-0.39, 0.29) is 12.6 Å². The SMILES string of the molecule is COc1cccc(Nc2nnc(COc3cc(Cl)ccc3Cl)o2)c1. The zero-order valence-electron chi connectivity index (χ0n) is 12.6. The van der Waals surface area contributed by atoms with Crippen LogP contribution in [0.1, 0.15) is 5.89 Å². The van der Waals surface area contributed by atoms with Crippen molar-refractivity contribution in [3.63, 3.8) is 0 Å². The van der Waals surface area contributed by atoms with Crippen molar-refractivity contribution in [2.24, 2.45) is 0 Å². The van der Waals surface area contributed by atoms with Crippen LogP contribution in [0, 0.1) is 0 Å². The van der Waals surface area contributed by atoms with Crippen LogP contribution in [0.3, 0.4) is 0 Å². The van der Waals surface area contributed by atoms with Crippen LogP contribution in [0.2, 0.25) is 10.0 Å². The minimum absolute atomic E-state index is 0.0762. The van der Waals surface area contributed by atoms with Gasteiger partial charge in [-0.2, -0.15) is 0 Å². The average molecular weight is 366 g/mol. The van der Waals surface area contributed by atoms with E-state index in [2.05, 4.69) is 15.5 Å². The summed E-state index contributed by atoms with van der Waals surface area (Å²) in [7, 11) is 1.60. The molecular formula is C16H13Cl2N3O3. The van der Waals surface area contributed by atoms with Gasteiger partial charge in [0.15, 0.2) is 6.61 Å². The molecule has 0 atom stereocenters. The second-order valence-electron chi connectivity index (χ2n) is 4.72. The topological polar surface area (TPSA) is 69.4 Å². The highest BCUT2D eigenvalue weighted by Gasteiger charge is 2.09. The third-order valence-corrected chi connectivity index (χ3v) is 3.58. The second-order valence-corrected chi connectivity index (χ2v) is 5.56. The predicted octanol–water partition coefficient (Wildman–Crippen LogP) is 4.71. The molecule has 2 aromatic carbocycles. The van der Waals surface area contributed by atoms with Gasteiger partial charge in [-0.3, -0.25) is 0 Å². The molecule has 24 heavy (non-hydrogen) atoms. The standard InChI is InChI=1S/C16H13Cl2N3O3/c1-22-12-4-2-3-11(8-12)19-16-21-20-15(24-16)9-23-14-7-10(17)5-6-13(14)18/h2-8H,9H2,1H3,(H,19,21). The number of hydrogen-bond donors (Lipinski definition) is 1. The van der Waals surface area contributed by atoms with E-state index in [0.717, 1.165) is 11.4 Å². The summed E-state index contributed by atoms with van der Waals surface area (Å²) >= 11 is 11.9. The third-order valence-electron chi connectivity index (χ3n) is 3.03. The lowest BCUT2D eigenvalue weighted by atomic mass is 10.3. The summed E-state index contributed by atoms with van der Waals surface area (Å²) in [5.74, 6) is 1.47. The fraction of sp³-hybridized carbons (Fsp3) is 0.125. The Morgan fingerprint density at radius 2 is 2.00 bits per heavy atom. The smallest absolute Gasteiger partial charge is 0.320 e. The molecule has 1 aromatic heterocycles. The normalized spacial score (nSPS) is 10.5. The van der Waals surface area contributed by atoms with Crippen LogP contribution in [0.25, 0.3) is 0 Å². The van der Waals surface area contributed by atoms with Gasteiger partial charge in [0.1, 0.15) is 11.5 Å². The molecule has 1 heterocycles. The van der Waals surface area contributed by atoms with Crippen molar-refractivity contribution in [1.29, 1.82) is 0 Å². The highest BCUT2D eigenvalue weighted by Crippen LogP contribution is 2.28. The number of halogens is 2. The van der Waals surface area contributed by atoms with E-state index in [4.69, 9.17) is 37.1 Å². The Bertz CT molecular complexity index is 839. The van der Waals surface area contributed by atoms with E-state index < -0.39 is 0 Å². The first-order valence-electron chi connectivity index (χ1n) is 6.95. The maximum atomic E-state index is 6.03. The molecule has 6 nitrogen and oxygen atoms in total. The van der Waals surface area contributed by atoms with Crippen LogP contribution < -0.4 is 14.8 Å². The Labute approximate surface area is 148 Å². The van der Waals surface area contributed by atoms with Crippen molar-refractivity contribution in [2.45, 2.75) is 6.61 Å². The van der Waals surface area contributed by atoms with Crippen LogP contribution in [0.4, 0.5) is 11.7 Å². The fourth-order valence-electron chi connectivity index (χ4n) is 1.91. The number of hydrogen-bond acceptors (Lipinski definition) is 6. The van der Waals surface area contributed by atoms with Gasteiger partial charge in [-0.1, -0.05) is 34.4 Å². The molecule has 0 aliphatic rings. The number of ether oxygens (including phenoxy) is 2. The van der Waals surface area contributed by atoms with E-state index in [0.29, 0.717) is 21.7 Å². The Morgan fingerprint density at radius 3 is 2.83 bits per heavy atom. The molecule has 8 heteroatoms. The highest BCUT2D eigenvalue weighted by atomic mass is 35.5. The molecule has 0 saturated heterocycles. The first-order chi connectivity index (χ1) is 11.6. The molecule has 3 rings (SSSR count). The number of aromatic nitrogens is 2. The fourth-order valence-corrected chi connectivity index (χ4v) is 2.25.